The largest absolute Gasteiger partial charge is 0.545 e. The van der Waals surface area contributed by atoms with Crippen LogP contribution in [0.4, 0.5) is 0 Å². The molecule has 0 aliphatic rings. The van der Waals surface area contributed by atoms with Crippen molar-refractivity contribution < 1.29 is 59.2 Å². The lowest BCUT2D eigenvalue weighted by Gasteiger charge is -2.04. The van der Waals surface area contributed by atoms with Gasteiger partial charge in [0.25, 0.3) is 0 Å². The average molecular weight is 471 g/mol. The van der Waals surface area contributed by atoms with Gasteiger partial charge >= 0.3 is 0 Å². The van der Waals surface area contributed by atoms with Crippen molar-refractivity contribution in [3.05, 3.63) is 24.3 Å². The molecule has 0 spiro atoms. The maximum absolute atomic E-state index is 9.49. The highest BCUT2D eigenvalue weighted by molar-refractivity contribution is 5.83. The fraction of sp³-hybridized carbons (Fsp3) is 0.700. The van der Waals surface area contributed by atoms with E-state index in [9.17, 15) is 19.8 Å². The molecular weight excluding hydrogens is 432 g/mol. The van der Waals surface area contributed by atoms with E-state index >= 15 is 0 Å². The second kappa shape index (κ2) is 33.7. The van der Waals surface area contributed by atoms with Gasteiger partial charge in [-0.25, -0.2) is 0 Å². The normalized spacial score (nSPS) is 9.19. The number of carboxylic acid groups (broad SMARTS) is 2. The summed E-state index contributed by atoms with van der Waals surface area (Å²) in [5, 5.41) is 51.9. The summed E-state index contributed by atoms with van der Waals surface area (Å²) in [6.07, 6.45) is 0. The zero-order valence-electron chi connectivity index (χ0n) is 19.0. The molecule has 0 saturated carbocycles. The molecule has 12 nitrogen and oxygen atoms in total. The monoisotopic (exact) mass is 470 g/mol. The Morgan fingerprint density at radius 3 is 0.875 bits per heavy atom. The standard InChI is InChI=1S/C8H18O5.C4H10O3.2C4H6O2/c9-1-3-11-5-7-13-8-6-12-4-2-10;5-1-3-7-4-2-6;2*1-3(2)4(5)6/h9-10H,1-8H2;5-6H,1-4H2;2*1H2,2H3,(H,5,6)/p-2. The van der Waals surface area contributed by atoms with Gasteiger partial charge < -0.3 is 59.2 Å². The van der Waals surface area contributed by atoms with Crippen LogP contribution in [0, 0.1) is 0 Å². The summed E-state index contributed by atoms with van der Waals surface area (Å²) < 4.78 is 19.7. The fourth-order valence-corrected chi connectivity index (χ4v) is 0.902. The summed E-state index contributed by atoms with van der Waals surface area (Å²) >= 11 is 0. The minimum absolute atomic E-state index is 0.0278. The number of carbonyl (C=O) groups is 2. The Morgan fingerprint density at radius 2 is 0.719 bits per heavy atom. The third-order valence-corrected chi connectivity index (χ3v) is 2.38. The van der Waals surface area contributed by atoms with E-state index in [1.807, 2.05) is 0 Å². The van der Waals surface area contributed by atoms with Gasteiger partial charge in [0.1, 0.15) is 0 Å². The van der Waals surface area contributed by atoms with Crippen molar-refractivity contribution in [2.24, 2.45) is 0 Å². The third kappa shape index (κ3) is 51.1. The van der Waals surface area contributed by atoms with Crippen LogP contribution in [0.15, 0.2) is 24.3 Å². The zero-order chi connectivity index (χ0) is 25.6. The molecule has 0 bridgehead atoms. The maximum Gasteiger partial charge on any atom is 0.0701 e. The molecule has 0 aromatic carbocycles. The van der Waals surface area contributed by atoms with Gasteiger partial charge in [-0.15, -0.1) is 0 Å². The summed E-state index contributed by atoms with van der Waals surface area (Å²) in [5.41, 5.74) is 0.130. The molecule has 0 heterocycles. The van der Waals surface area contributed by atoms with Gasteiger partial charge in [-0.3, -0.25) is 0 Å². The van der Waals surface area contributed by atoms with E-state index in [1.54, 1.807) is 0 Å². The van der Waals surface area contributed by atoms with Gasteiger partial charge in [0.2, 0.25) is 0 Å². The number of hydrogen-bond acceptors (Lipinski definition) is 12. The summed E-state index contributed by atoms with van der Waals surface area (Å²) in [5.74, 6) is -2.37. The Kier molecular flexibility index (Phi) is 39.4. The lowest BCUT2D eigenvalue weighted by atomic mass is 10.4. The van der Waals surface area contributed by atoms with Crippen LogP contribution in [0.25, 0.3) is 0 Å². The van der Waals surface area contributed by atoms with E-state index < -0.39 is 11.9 Å². The molecule has 0 aromatic heterocycles. The van der Waals surface area contributed by atoms with Gasteiger partial charge in [-0.05, 0) is 25.0 Å². The van der Waals surface area contributed by atoms with Gasteiger partial charge in [-0.2, -0.15) is 0 Å². The molecule has 12 heteroatoms. The predicted octanol–water partition coefficient (Wildman–Crippen LogP) is -3.37. The Labute approximate surface area is 189 Å². The first-order valence-electron chi connectivity index (χ1n) is 9.60. The molecule has 0 atom stereocenters. The highest BCUT2D eigenvalue weighted by atomic mass is 16.5. The molecule has 0 aromatic rings. The van der Waals surface area contributed by atoms with Crippen LogP contribution >= 0.6 is 0 Å². The van der Waals surface area contributed by atoms with Crippen molar-refractivity contribution in [2.75, 3.05) is 79.3 Å². The molecule has 0 aliphatic heterocycles. The number of ether oxygens (including phenoxy) is 4. The molecule has 0 unspecified atom stereocenters. The van der Waals surface area contributed by atoms with Crippen molar-refractivity contribution >= 4 is 11.9 Å². The molecule has 192 valence electrons. The third-order valence-electron chi connectivity index (χ3n) is 2.38. The van der Waals surface area contributed by atoms with Gasteiger partial charge in [0.05, 0.1) is 91.2 Å². The average Bonchev–Trinajstić information content (AvgIpc) is 2.74. The van der Waals surface area contributed by atoms with Crippen LogP contribution in [-0.2, 0) is 28.5 Å². The van der Waals surface area contributed by atoms with E-state index in [4.69, 9.17) is 34.6 Å². The summed E-state index contributed by atoms with van der Waals surface area (Å²) in [7, 11) is 0. The molecule has 0 amide bonds. The van der Waals surface area contributed by atoms with Crippen molar-refractivity contribution in [1.82, 2.24) is 0 Å². The number of aliphatic carboxylic acids is 2. The fourth-order valence-electron chi connectivity index (χ4n) is 0.902. The highest BCUT2D eigenvalue weighted by Crippen LogP contribution is 1.80. The van der Waals surface area contributed by atoms with Gasteiger partial charge in [-0.1, -0.05) is 13.2 Å². The summed E-state index contributed by atoms with van der Waals surface area (Å²) in [6.45, 7) is 12.4. The zero-order valence-corrected chi connectivity index (χ0v) is 19.0. The van der Waals surface area contributed by atoms with Crippen LogP contribution in [0.5, 0.6) is 0 Å². The lowest BCUT2D eigenvalue weighted by Crippen LogP contribution is -2.22. The van der Waals surface area contributed by atoms with Crippen LogP contribution in [0.1, 0.15) is 13.8 Å². The quantitative estimate of drug-likeness (QED) is 0.129. The van der Waals surface area contributed by atoms with Gasteiger partial charge in [0.15, 0.2) is 0 Å². The first-order valence-corrected chi connectivity index (χ1v) is 9.60. The van der Waals surface area contributed by atoms with Crippen LogP contribution < -0.4 is 10.2 Å². The van der Waals surface area contributed by atoms with E-state index in [0.717, 1.165) is 0 Å². The number of hydrogen-bond donors (Lipinski definition) is 4. The first-order chi connectivity index (χ1) is 15.1. The Hall–Kier alpha value is -1.90. The second-order valence-electron chi connectivity index (χ2n) is 5.48. The van der Waals surface area contributed by atoms with Crippen molar-refractivity contribution in [1.29, 1.82) is 0 Å². The number of carbonyl (C=O) groups excluding carboxylic acids is 2. The molecule has 0 saturated heterocycles. The van der Waals surface area contributed by atoms with Crippen molar-refractivity contribution in [2.45, 2.75) is 13.8 Å². The van der Waals surface area contributed by atoms with E-state index in [-0.39, 0.29) is 37.6 Å². The van der Waals surface area contributed by atoms with E-state index in [1.165, 1.54) is 13.8 Å². The van der Waals surface area contributed by atoms with Crippen LogP contribution in [-0.4, -0.2) is 112 Å². The highest BCUT2D eigenvalue weighted by Gasteiger charge is 1.90. The maximum atomic E-state index is 9.49. The number of aliphatic hydroxyl groups is 4. The minimum atomic E-state index is -1.19. The lowest BCUT2D eigenvalue weighted by molar-refractivity contribution is -0.300. The molecule has 32 heavy (non-hydrogen) atoms. The Balaban J connectivity index is -0.000000176. The van der Waals surface area contributed by atoms with Crippen LogP contribution in [0.3, 0.4) is 0 Å². The number of rotatable bonds is 16. The Bertz CT molecular complexity index is 378. The van der Waals surface area contributed by atoms with E-state index in [2.05, 4.69) is 17.9 Å². The van der Waals surface area contributed by atoms with Gasteiger partial charge in [0, 0.05) is 0 Å². The Morgan fingerprint density at radius 1 is 0.562 bits per heavy atom. The number of aliphatic hydroxyl groups excluding tert-OH is 4. The first kappa shape index (κ1) is 37.4. The molecule has 4 N–H and O–H groups in total. The molecule has 0 rings (SSSR count). The van der Waals surface area contributed by atoms with Crippen LogP contribution in [0.2, 0.25) is 0 Å². The molecule has 0 aliphatic carbocycles. The predicted molar refractivity (Wildman–Crippen MR) is 111 cm³/mol. The number of carboxylic acids is 2. The topological polar surface area (TPSA) is 198 Å². The smallest absolute Gasteiger partial charge is 0.0701 e. The second-order valence-corrected chi connectivity index (χ2v) is 5.48. The SMILES string of the molecule is C=C(C)C(=O)[O-].C=C(C)C(=O)[O-].OCCOCCO.OCCOCCOCCOCCO. The van der Waals surface area contributed by atoms with Crippen molar-refractivity contribution in [3.63, 3.8) is 0 Å². The molecular formula is C20H38O12-2. The summed E-state index contributed by atoms with van der Waals surface area (Å²) in [4.78, 5) is 19.0. The molecule has 0 radical (unpaired) electrons. The van der Waals surface area contributed by atoms with Crippen molar-refractivity contribution in [3.8, 4) is 0 Å². The summed E-state index contributed by atoms with van der Waals surface area (Å²) in [6, 6.07) is 0. The van der Waals surface area contributed by atoms with E-state index in [0.29, 0.717) is 52.9 Å². The minimum Gasteiger partial charge on any atom is -0.545 e. The molecule has 0 fully saturated rings.